The van der Waals surface area contributed by atoms with Gasteiger partial charge in [-0.25, -0.2) is 4.39 Å². The summed E-state index contributed by atoms with van der Waals surface area (Å²) in [6.45, 7) is 4.83. The lowest BCUT2D eigenvalue weighted by Crippen LogP contribution is -2.14. The standard InChI is InChI=1S/C18H20FNO3/c1-3-22-16-10-9-15(12-17(16)23-4-2)20-18(21)11-13-5-7-14(19)8-6-13/h5-10,12H,3-4,11H2,1-2H3,(H,20,21). The summed E-state index contributed by atoms with van der Waals surface area (Å²) < 4.78 is 23.9. The van der Waals surface area contributed by atoms with Crippen molar-refractivity contribution in [2.45, 2.75) is 20.3 Å². The van der Waals surface area contributed by atoms with Crippen molar-refractivity contribution < 1.29 is 18.7 Å². The zero-order valence-electron chi connectivity index (χ0n) is 13.3. The van der Waals surface area contributed by atoms with Crippen molar-refractivity contribution in [2.75, 3.05) is 18.5 Å². The molecular formula is C18H20FNO3. The van der Waals surface area contributed by atoms with Gasteiger partial charge in [0.25, 0.3) is 0 Å². The van der Waals surface area contributed by atoms with Gasteiger partial charge in [-0.05, 0) is 43.7 Å². The lowest BCUT2D eigenvalue weighted by atomic mass is 10.1. The van der Waals surface area contributed by atoms with E-state index in [2.05, 4.69) is 5.32 Å². The monoisotopic (exact) mass is 317 g/mol. The highest BCUT2D eigenvalue weighted by Gasteiger charge is 2.09. The van der Waals surface area contributed by atoms with E-state index in [1.807, 2.05) is 13.8 Å². The Balaban J connectivity index is 2.05. The number of amides is 1. The number of ether oxygens (including phenoxy) is 2. The number of rotatable bonds is 7. The molecule has 4 nitrogen and oxygen atoms in total. The Morgan fingerprint density at radius 1 is 1.00 bits per heavy atom. The lowest BCUT2D eigenvalue weighted by Gasteiger charge is -2.13. The van der Waals surface area contributed by atoms with Gasteiger partial charge in [-0.15, -0.1) is 0 Å². The lowest BCUT2D eigenvalue weighted by molar-refractivity contribution is -0.115. The minimum Gasteiger partial charge on any atom is -0.490 e. The van der Waals surface area contributed by atoms with Crippen molar-refractivity contribution in [3.8, 4) is 11.5 Å². The van der Waals surface area contributed by atoms with Crippen molar-refractivity contribution in [3.05, 3.63) is 53.8 Å². The summed E-state index contributed by atoms with van der Waals surface area (Å²) in [5.41, 5.74) is 1.38. The van der Waals surface area contributed by atoms with E-state index in [-0.39, 0.29) is 18.1 Å². The van der Waals surface area contributed by atoms with Crippen LogP contribution in [0, 0.1) is 5.82 Å². The molecule has 0 saturated heterocycles. The molecule has 0 aliphatic heterocycles. The molecule has 0 unspecified atom stereocenters. The molecule has 1 N–H and O–H groups in total. The Labute approximate surface area is 135 Å². The largest absolute Gasteiger partial charge is 0.490 e. The second-order valence-corrected chi connectivity index (χ2v) is 4.88. The predicted molar refractivity (Wildman–Crippen MR) is 87.5 cm³/mol. The molecule has 122 valence electrons. The Kier molecular flexibility index (Phi) is 5.97. The number of hydrogen-bond donors (Lipinski definition) is 1. The van der Waals surface area contributed by atoms with Crippen LogP contribution in [0.2, 0.25) is 0 Å². The molecule has 0 aliphatic carbocycles. The number of benzene rings is 2. The molecule has 0 saturated carbocycles. The second kappa shape index (κ2) is 8.17. The number of nitrogens with one attached hydrogen (secondary N) is 1. The van der Waals surface area contributed by atoms with E-state index in [0.29, 0.717) is 30.4 Å². The third kappa shape index (κ3) is 4.98. The van der Waals surface area contributed by atoms with Crippen LogP contribution in [-0.4, -0.2) is 19.1 Å². The van der Waals surface area contributed by atoms with Gasteiger partial charge in [0.2, 0.25) is 5.91 Å². The average Bonchev–Trinajstić information content (AvgIpc) is 2.52. The quantitative estimate of drug-likeness (QED) is 0.845. The van der Waals surface area contributed by atoms with Crippen LogP contribution in [0.25, 0.3) is 0 Å². The van der Waals surface area contributed by atoms with Crippen LogP contribution in [-0.2, 0) is 11.2 Å². The molecule has 0 aromatic heterocycles. The summed E-state index contributed by atoms with van der Waals surface area (Å²) in [7, 11) is 0. The van der Waals surface area contributed by atoms with E-state index in [1.54, 1.807) is 30.3 Å². The number of carbonyl (C=O) groups excluding carboxylic acids is 1. The van der Waals surface area contributed by atoms with Gasteiger partial charge < -0.3 is 14.8 Å². The zero-order valence-corrected chi connectivity index (χ0v) is 13.3. The number of hydrogen-bond acceptors (Lipinski definition) is 3. The fourth-order valence-corrected chi connectivity index (χ4v) is 2.12. The summed E-state index contributed by atoms with van der Waals surface area (Å²) in [5, 5.41) is 2.80. The fourth-order valence-electron chi connectivity index (χ4n) is 2.12. The Morgan fingerprint density at radius 2 is 1.65 bits per heavy atom. The molecule has 2 aromatic rings. The van der Waals surface area contributed by atoms with Crippen molar-refractivity contribution in [1.82, 2.24) is 0 Å². The van der Waals surface area contributed by atoms with E-state index in [1.165, 1.54) is 12.1 Å². The van der Waals surface area contributed by atoms with Gasteiger partial charge in [-0.1, -0.05) is 12.1 Å². The van der Waals surface area contributed by atoms with Crippen LogP contribution in [0.15, 0.2) is 42.5 Å². The maximum absolute atomic E-state index is 12.9. The Morgan fingerprint density at radius 3 is 2.30 bits per heavy atom. The Bertz CT molecular complexity index is 656. The van der Waals surface area contributed by atoms with Crippen LogP contribution in [0.4, 0.5) is 10.1 Å². The third-order valence-corrected chi connectivity index (χ3v) is 3.11. The molecule has 0 radical (unpaired) electrons. The molecule has 23 heavy (non-hydrogen) atoms. The van der Waals surface area contributed by atoms with Crippen molar-refractivity contribution in [2.24, 2.45) is 0 Å². The molecule has 0 atom stereocenters. The molecule has 1 amide bonds. The normalized spacial score (nSPS) is 10.2. The minimum absolute atomic E-state index is 0.178. The van der Waals surface area contributed by atoms with Crippen LogP contribution < -0.4 is 14.8 Å². The summed E-state index contributed by atoms with van der Waals surface area (Å²) in [5.74, 6) is 0.741. The first-order valence-electron chi connectivity index (χ1n) is 7.56. The van der Waals surface area contributed by atoms with Crippen LogP contribution in [0.1, 0.15) is 19.4 Å². The first-order chi connectivity index (χ1) is 11.1. The Hall–Kier alpha value is -2.56. The second-order valence-electron chi connectivity index (χ2n) is 4.88. The van der Waals surface area contributed by atoms with Gasteiger partial charge in [0.1, 0.15) is 5.82 Å². The highest BCUT2D eigenvalue weighted by atomic mass is 19.1. The van der Waals surface area contributed by atoms with Crippen LogP contribution in [0.5, 0.6) is 11.5 Å². The first kappa shape index (κ1) is 16.8. The van der Waals surface area contributed by atoms with Gasteiger partial charge in [0.15, 0.2) is 11.5 Å². The highest BCUT2D eigenvalue weighted by molar-refractivity contribution is 5.92. The van der Waals surface area contributed by atoms with Gasteiger partial charge in [-0.2, -0.15) is 0 Å². The van der Waals surface area contributed by atoms with Gasteiger partial charge >= 0.3 is 0 Å². The van der Waals surface area contributed by atoms with E-state index < -0.39 is 0 Å². The summed E-state index contributed by atoms with van der Waals surface area (Å²) in [6.07, 6.45) is 0.178. The molecule has 2 rings (SSSR count). The predicted octanol–water partition coefficient (Wildman–Crippen LogP) is 3.80. The van der Waals surface area contributed by atoms with E-state index >= 15 is 0 Å². The summed E-state index contributed by atoms with van der Waals surface area (Å²) >= 11 is 0. The molecule has 0 fully saturated rings. The number of halogens is 1. The van der Waals surface area contributed by atoms with Crippen molar-refractivity contribution >= 4 is 11.6 Å². The van der Waals surface area contributed by atoms with Crippen LogP contribution in [0.3, 0.4) is 0 Å². The van der Waals surface area contributed by atoms with Crippen molar-refractivity contribution in [3.63, 3.8) is 0 Å². The molecule has 0 heterocycles. The maximum Gasteiger partial charge on any atom is 0.228 e. The molecule has 2 aromatic carbocycles. The molecule has 5 heteroatoms. The summed E-state index contributed by atoms with van der Waals surface area (Å²) in [4.78, 5) is 12.1. The van der Waals surface area contributed by atoms with Crippen LogP contribution >= 0.6 is 0 Å². The number of carbonyl (C=O) groups is 1. The van der Waals surface area contributed by atoms with Gasteiger partial charge in [0, 0.05) is 11.8 Å². The zero-order chi connectivity index (χ0) is 16.7. The topological polar surface area (TPSA) is 47.6 Å². The van der Waals surface area contributed by atoms with Crippen molar-refractivity contribution in [1.29, 1.82) is 0 Å². The molecule has 0 bridgehead atoms. The van der Waals surface area contributed by atoms with Gasteiger partial charge in [0.05, 0.1) is 19.6 Å². The molecule has 0 spiro atoms. The first-order valence-corrected chi connectivity index (χ1v) is 7.56. The van der Waals surface area contributed by atoms with Gasteiger partial charge in [-0.3, -0.25) is 4.79 Å². The molecular weight excluding hydrogens is 297 g/mol. The third-order valence-electron chi connectivity index (χ3n) is 3.11. The average molecular weight is 317 g/mol. The van der Waals surface area contributed by atoms with E-state index in [0.717, 1.165) is 5.56 Å². The molecule has 0 aliphatic rings. The van der Waals surface area contributed by atoms with E-state index in [4.69, 9.17) is 9.47 Å². The smallest absolute Gasteiger partial charge is 0.228 e. The minimum atomic E-state index is -0.318. The highest BCUT2D eigenvalue weighted by Crippen LogP contribution is 2.30. The fraction of sp³-hybridized carbons (Fsp3) is 0.278. The van der Waals surface area contributed by atoms with E-state index in [9.17, 15) is 9.18 Å². The summed E-state index contributed by atoms with van der Waals surface area (Å²) in [6, 6.07) is 11.1. The SMILES string of the molecule is CCOc1ccc(NC(=O)Cc2ccc(F)cc2)cc1OCC. The number of anilines is 1. The maximum atomic E-state index is 12.9.